The van der Waals surface area contributed by atoms with Gasteiger partial charge in [-0.05, 0) is 71.0 Å². The SMILES string of the molecule is CC(C)C(c1ccc(C(F)(F)F)cc1CN(Cc1cc(C(F)(F)F)cc(C(F)(F)F)c1)c1nnn(C)n1)N1CCC(OC(=O)O)CC1. The highest BCUT2D eigenvalue weighted by atomic mass is 19.4. The molecular formula is C29H31F9N6O3. The fourth-order valence-corrected chi connectivity index (χ4v) is 5.73. The summed E-state index contributed by atoms with van der Waals surface area (Å²) >= 11 is 0. The molecule has 1 fully saturated rings. The number of rotatable bonds is 9. The zero-order valence-corrected chi connectivity index (χ0v) is 25.3. The second-order valence-corrected chi connectivity index (χ2v) is 11.6. The molecule has 0 spiro atoms. The van der Waals surface area contributed by atoms with E-state index < -0.39 is 72.2 Å². The minimum Gasteiger partial charge on any atom is -0.450 e. The number of carbonyl (C=O) groups is 1. The first kappa shape index (κ1) is 35.8. The van der Waals surface area contributed by atoms with Crippen molar-refractivity contribution in [3.8, 4) is 0 Å². The first-order valence-electron chi connectivity index (χ1n) is 14.3. The van der Waals surface area contributed by atoms with Crippen LogP contribution < -0.4 is 4.90 Å². The topological polar surface area (TPSA) is 96.6 Å². The van der Waals surface area contributed by atoms with Crippen molar-refractivity contribution in [1.29, 1.82) is 0 Å². The van der Waals surface area contributed by atoms with Gasteiger partial charge in [0.1, 0.15) is 6.10 Å². The van der Waals surface area contributed by atoms with E-state index in [2.05, 4.69) is 15.4 Å². The molecule has 0 aliphatic carbocycles. The van der Waals surface area contributed by atoms with Crippen LogP contribution in [-0.2, 0) is 43.4 Å². The van der Waals surface area contributed by atoms with Crippen LogP contribution in [0.1, 0.15) is 66.1 Å². The molecule has 4 rings (SSSR count). The van der Waals surface area contributed by atoms with E-state index in [4.69, 9.17) is 9.84 Å². The maximum Gasteiger partial charge on any atom is 0.506 e. The Kier molecular flexibility index (Phi) is 10.3. The van der Waals surface area contributed by atoms with Gasteiger partial charge in [0.2, 0.25) is 0 Å². The monoisotopic (exact) mass is 682 g/mol. The number of alkyl halides is 9. The summed E-state index contributed by atoms with van der Waals surface area (Å²) in [5.74, 6) is -0.433. The van der Waals surface area contributed by atoms with Crippen molar-refractivity contribution in [2.75, 3.05) is 18.0 Å². The predicted octanol–water partition coefficient (Wildman–Crippen LogP) is 7.33. The lowest BCUT2D eigenvalue weighted by molar-refractivity contribution is -0.143. The number of halogens is 9. The zero-order chi connectivity index (χ0) is 34.9. The highest BCUT2D eigenvalue weighted by Crippen LogP contribution is 2.39. The Balaban J connectivity index is 1.79. The highest BCUT2D eigenvalue weighted by molar-refractivity contribution is 5.57. The molecule has 47 heavy (non-hydrogen) atoms. The first-order valence-corrected chi connectivity index (χ1v) is 14.3. The van der Waals surface area contributed by atoms with Crippen LogP contribution in [-0.4, -0.2) is 55.6 Å². The molecule has 1 aromatic heterocycles. The molecule has 1 N–H and O–H groups in total. The summed E-state index contributed by atoms with van der Waals surface area (Å²) in [5.41, 5.74) is -4.04. The highest BCUT2D eigenvalue weighted by Gasteiger charge is 2.38. The molecule has 18 heteroatoms. The van der Waals surface area contributed by atoms with Crippen molar-refractivity contribution in [2.45, 2.75) is 70.5 Å². The Labute approximate surface area is 262 Å². The number of hydrogen-bond acceptors (Lipinski definition) is 7. The van der Waals surface area contributed by atoms with Gasteiger partial charge in [-0.3, -0.25) is 4.90 Å². The van der Waals surface area contributed by atoms with Crippen molar-refractivity contribution in [3.05, 3.63) is 69.8 Å². The van der Waals surface area contributed by atoms with Crippen molar-refractivity contribution < 1.29 is 54.2 Å². The summed E-state index contributed by atoms with van der Waals surface area (Å²) in [6.45, 7) is 3.30. The first-order chi connectivity index (χ1) is 21.7. The summed E-state index contributed by atoms with van der Waals surface area (Å²) in [7, 11) is 1.36. The van der Waals surface area contributed by atoms with Crippen molar-refractivity contribution in [2.24, 2.45) is 13.0 Å². The lowest BCUT2D eigenvalue weighted by atomic mass is 9.88. The molecule has 0 radical (unpaired) electrons. The van der Waals surface area contributed by atoms with Gasteiger partial charge in [0.05, 0.1) is 23.7 Å². The Hall–Kier alpha value is -4.09. The number of aryl methyl sites for hydroxylation is 1. The van der Waals surface area contributed by atoms with Crippen LogP contribution in [0.4, 0.5) is 50.3 Å². The van der Waals surface area contributed by atoms with Gasteiger partial charge in [0.25, 0.3) is 5.95 Å². The number of piperidine rings is 1. The zero-order valence-electron chi connectivity index (χ0n) is 25.3. The molecule has 1 aliphatic heterocycles. The van der Waals surface area contributed by atoms with Gasteiger partial charge in [-0.2, -0.15) is 44.3 Å². The molecule has 1 saturated heterocycles. The van der Waals surface area contributed by atoms with Gasteiger partial charge in [0.15, 0.2) is 0 Å². The van der Waals surface area contributed by atoms with E-state index in [9.17, 15) is 44.3 Å². The Bertz CT molecular complexity index is 1520. The van der Waals surface area contributed by atoms with E-state index in [-0.39, 0.29) is 23.5 Å². The molecule has 9 nitrogen and oxygen atoms in total. The van der Waals surface area contributed by atoms with Crippen molar-refractivity contribution in [3.63, 3.8) is 0 Å². The van der Waals surface area contributed by atoms with Gasteiger partial charge in [0, 0.05) is 32.2 Å². The number of tetrazole rings is 1. The fourth-order valence-electron chi connectivity index (χ4n) is 5.73. The van der Waals surface area contributed by atoms with Crippen LogP contribution in [0, 0.1) is 5.92 Å². The van der Waals surface area contributed by atoms with Gasteiger partial charge in [-0.1, -0.05) is 25.0 Å². The molecule has 2 heterocycles. The van der Waals surface area contributed by atoms with Gasteiger partial charge in [-0.25, -0.2) is 4.79 Å². The van der Waals surface area contributed by atoms with Crippen LogP contribution in [0.15, 0.2) is 36.4 Å². The third-order valence-corrected chi connectivity index (χ3v) is 7.72. The molecule has 1 aliphatic rings. The largest absolute Gasteiger partial charge is 0.506 e. The van der Waals surface area contributed by atoms with Crippen molar-refractivity contribution in [1.82, 2.24) is 25.1 Å². The Morgan fingerprint density at radius 2 is 1.49 bits per heavy atom. The minimum absolute atomic E-state index is 0.0166. The van der Waals surface area contributed by atoms with Gasteiger partial charge >= 0.3 is 24.7 Å². The molecule has 0 amide bonds. The molecule has 2 aromatic carbocycles. The summed E-state index contributed by atoms with van der Waals surface area (Å²) < 4.78 is 128. The number of anilines is 1. The van der Waals surface area contributed by atoms with Gasteiger partial charge in [-0.15, -0.1) is 5.10 Å². The summed E-state index contributed by atoms with van der Waals surface area (Å²) in [4.78, 5) is 15.1. The number of hydrogen-bond donors (Lipinski definition) is 1. The number of likely N-dealkylation sites (tertiary alicyclic amines) is 1. The number of ether oxygens (including phenoxy) is 1. The van der Waals surface area contributed by atoms with Crippen LogP contribution in [0.2, 0.25) is 0 Å². The van der Waals surface area contributed by atoms with Crippen molar-refractivity contribution >= 4 is 12.1 Å². The number of nitrogens with zero attached hydrogens (tertiary/aromatic N) is 6. The predicted molar refractivity (Wildman–Crippen MR) is 148 cm³/mol. The van der Waals surface area contributed by atoms with E-state index in [0.29, 0.717) is 43.6 Å². The van der Waals surface area contributed by atoms with Gasteiger partial charge < -0.3 is 14.7 Å². The van der Waals surface area contributed by atoms with Crippen LogP contribution in [0.5, 0.6) is 0 Å². The number of benzene rings is 2. The van der Waals surface area contributed by atoms with E-state index in [1.807, 2.05) is 18.7 Å². The van der Waals surface area contributed by atoms with Crippen LogP contribution in [0.3, 0.4) is 0 Å². The fraction of sp³-hybridized carbons (Fsp3) is 0.517. The maximum absolute atomic E-state index is 13.9. The van der Waals surface area contributed by atoms with Crippen LogP contribution >= 0.6 is 0 Å². The Morgan fingerprint density at radius 1 is 0.915 bits per heavy atom. The summed E-state index contributed by atoms with van der Waals surface area (Å²) in [5, 5.41) is 20.5. The normalized spacial score (nSPS) is 16.0. The smallest absolute Gasteiger partial charge is 0.450 e. The number of aromatic nitrogens is 4. The minimum atomic E-state index is -5.12. The van der Waals surface area contributed by atoms with E-state index in [1.54, 1.807) is 0 Å². The lowest BCUT2D eigenvalue weighted by Crippen LogP contribution is -2.42. The summed E-state index contributed by atoms with van der Waals surface area (Å²) in [6.07, 6.45) is -16.3. The quantitative estimate of drug-likeness (QED) is 0.185. The van der Waals surface area contributed by atoms with E-state index in [0.717, 1.165) is 21.8 Å². The molecular weight excluding hydrogens is 651 g/mol. The molecule has 0 bridgehead atoms. The van der Waals surface area contributed by atoms with E-state index in [1.165, 1.54) is 13.1 Å². The molecule has 258 valence electrons. The van der Waals surface area contributed by atoms with E-state index >= 15 is 0 Å². The maximum atomic E-state index is 13.9. The third-order valence-electron chi connectivity index (χ3n) is 7.72. The van der Waals surface area contributed by atoms with Crippen LogP contribution in [0.25, 0.3) is 0 Å². The summed E-state index contributed by atoms with van der Waals surface area (Å²) in [6, 6.07) is 3.65. The average molecular weight is 683 g/mol. The molecule has 1 atom stereocenters. The molecule has 0 saturated carbocycles. The second kappa shape index (κ2) is 13.6. The lowest BCUT2D eigenvalue weighted by Gasteiger charge is -2.40. The molecule has 1 unspecified atom stereocenters. The molecule has 3 aromatic rings. The number of carboxylic acid groups (broad SMARTS) is 1. The standard InChI is InChI=1S/C29H31F9N6O3/c1-16(2)24(43-8-6-22(7-9-43)47-26(45)46)23-5-4-19(27(30,31)32)12-18(23)15-44(25-39-41-42(3)40-25)14-17-10-20(28(33,34)35)13-21(11-17)29(36,37)38/h4-5,10-13,16,22,24H,6-9,14-15H2,1-3H3,(H,45,46). The second-order valence-electron chi connectivity index (χ2n) is 11.6. The third kappa shape index (κ3) is 9.04. The Morgan fingerprint density at radius 3 is 1.96 bits per heavy atom. The average Bonchev–Trinajstić information content (AvgIpc) is 3.38.